The zero-order valence-electron chi connectivity index (χ0n) is 8.75. The molecule has 3 heteroatoms. The summed E-state index contributed by atoms with van der Waals surface area (Å²) in [4.78, 5) is 0. The first kappa shape index (κ1) is 12.9. The highest BCUT2D eigenvalue weighted by molar-refractivity contribution is 5.17. The van der Waals surface area contributed by atoms with E-state index < -0.39 is 0 Å². The Balaban J connectivity index is 3.85. The van der Waals surface area contributed by atoms with Gasteiger partial charge in [0.2, 0.25) is 0 Å². The van der Waals surface area contributed by atoms with E-state index in [2.05, 4.69) is 6.58 Å². The fourth-order valence-electron chi connectivity index (χ4n) is 0.765. The lowest BCUT2D eigenvalue weighted by Crippen LogP contribution is -1.97. The van der Waals surface area contributed by atoms with E-state index in [1.165, 1.54) is 13.0 Å². The molecule has 0 rings (SSSR count). The Hall–Kier alpha value is -1.09. The second-order valence-corrected chi connectivity index (χ2v) is 2.72. The van der Waals surface area contributed by atoms with Crippen molar-refractivity contribution in [3.8, 4) is 0 Å². The summed E-state index contributed by atoms with van der Waals surface area (Å²) in [6.45, 7) is 6.14. The largest absolute Gasteiger partial charge is 0.494 e. The SMILES string of the molecule is C=C/C(=C\C=C(/C)F)OCCCOC. The minimum Gasteiger partial charge on any atom is -0.494 e. The Kier molecular flexibility index (Phi) is 7.84. The third kappa shape index (κ3) is 7.55. The van der Waals surface area contributed by atoms with Gasteiger partial charge in [-0.25, -0.2) is 4.39 Å². The van der Waals surface area contributed by atoms with Gasteiger partial charge in [0.05, 0.1) is 12.4 Å². The van der Waals surface area contributed by atoms with Gasteiger partial charge in [0, 0.05) is 20.1 Å². The van der Waals surface area contributed by atoms with Gasteiger partial charge in [-0.15, -0.1) is 0 Å². The lowest BCUT2D eigenvalue weighted by Gasteiger charge is -2.05. The average Bonchev–Trinajstić information content (AvgIpc) is 2.16. The summed E-state index contributed by atoms with van der Waals surface area (Å²) in [5.74, 6) is 0.308. The number of hydrogen-bond acceptors (Lipinski definition) is 2. The van der Waals surface area contributed by atoms with E-state index in [1.54, 1.807) is 19.3 Å². The molecule has 0 bridgehead atoms. The van der Waals surface area contributed by atoms with Crippen LogP contribution in [0.3, 0.4) is 0 Å². The molecule has 0 fully saturated rings. The van der Waals surface area contributed by atoms with E-state index in [9.17, 15) is 4.39 Å². The topological polar surface area (TPSA) is 18.5 Å². The number of halogens is 1. The van der Waals surface area contributed by atoms with Crippen LogP contribution < -0.4 is 0 Å². The van der Waals surface area contributed by atoms with E-state index in [1.807, 2.05) is 0 Å². The number of methoxy groups -OCH3 is 1. The van der Waals surface area contributed by atoms with Crippen molar-refractivity contribution in [2.45, 2.75) is 13.3 Å². The number of hydrogen-bond donors (Lipinski definition) is 0. The van der Waals surface area contributed by atoms with Gasteiger partial charge in [-0.2, -0.15) is 0 Å². The molecule has 0 N–H and O–H groups in total. The van der Waals surface area contributed by atoms with Gasteiger partial charge >= 0.3 is 0 Å². The van der Waals surface area contributed by atoms with E-state index >= 15 is 0 Å². The maximum Gasteiger partial charge on any atom is 0.118 e. The van der Waals surface area contributed by atoms with Gasteiger partial charge in [-0.05, 0) is 25.2 Å². The molecule has 2 nitrogen and oxygen atoms in total. The van der Waals surface area contributed by atoms with Crippen LogP contribution in [0.1, 0.15) is 13.3 Å². The smallest absolute Gasteiger partial charge is 0.118 e. The first-order valence-electron chi connectivity index (χ1n) is 4.49. The minimum atomic E-state index is -0.259. The van der Waals surface area contributed by atoms with Gasteiger partial charge in [0.25, 0.3) is 0 Å². The molecule has 0 aromatic rings. The summed E-state index contributed by atoms with van der Waals surface area (Å²) < 4.78 is 22.5. The van der Waals surface area contributed by atoms with E-state index in [0.29, 0.717) is 19.0 Å². The molecule has 0 aromatic carbocycles. The maximum atomic E-state index is 12.3. The number of allylic oxidation sites excluding steroid dienone is 4. The Morgan fingerprint density at radius 1 is 1.36 bits per heavy atom. The minimum absolute atomic E-state index is 0.259. The lowest BCUT2D eigenvalue weighted by molar-refractivity contribution is 0.149. The monoisotopic (exact) mass is 200 g/mol. The van der Waals surface area contributed by atoms with E-state index in [4.69, 9.17) is 9.47 Å². The molecule has 0 aromatic heterocycles. The summed E-state index contributed by atoms with van der Waals surface area (Å²) in [6.07, 6.45) is 5.24. The summed E-state index contributed by atoms with van der Waals surface area (Å²) in [7, 11) is 1.64. The predicted octanol–water partition coefficient (Wildman–Crippen LogP) is 2.98. The predicted molar refractivity (Wildman–Crippen MR) is 55.6 cm³/mol. The lowest BCUT2D eigenvalue weighted by atomic mass is 10.4. The van der Waals surface area contributed by atoms with Gasteiger partial charge in [-0.3, -0.25) is 0 Å². The van der Waals surface area contributed by atoms with Gasteiger partial charge in [-0.1, -0.05) is 6.58 Å². The molecule has 0 aliphatic rings. The molecule has 0 radical (unpaired) electrons. The first-order chi connectivity index (χ1) is 6.70. The molecule has 0 aliphatic heterocycles. The molecule has 0 saturated carbocycles. The molecule has 0 heterocycles. The molecule has 14 heavy (non-hydrogen) atoms. The van der Waals surface area contributed by atoms with Crippen LogP contribution in [0.4, 0.5) is 4.39 Å². The Bertz CT molecular complexity index is 215. The van der Waals surface area contributed by atoms with Crippen molar-refractivity contribution in [1.29, 1.82) is 0 Å². The van der Waals surface area contributed by atoms with Crippen molar-refractivity contribution in [2.75, 3.05) is 20.3 Å². The molecule has 0 spiro atoms. The number of ether oxygens (including phenoxy) is 2. The molecule has 0 unspecified atom stereocenters. The van der Waals surface area contributed by atoms with Crippen LogP contribution in [0.15, 0.2) is 36.4 Å². The molecule has 80 valence electrons. The molecule has 0 atom stereocenters. The van der Waals surface area contributed by atoms with Gasteiger partial charge in [0.1, 0.15) is 5.76 Å². The zero-order chi connectivity index (χ0) is 10.8. The third-order valence-electron chi connectivity index (χ3n) is 1.44. The molecular weight excluding hydrogens is 183 g/mol. The van der Waals surface area contributed by atoms with E-state index in [-0.39, 0.29) is 5.83 Å². The number of rotatable bonds is 7. The Morgan fingerprint density at radius 2 is 2.07 bits per heavy atom. The van der Waals surface area contributed by atoms with Gasteiger partial charge in [0.15, 0.2) is 0 Å². The average molecular weight is 200 g/mol. The second-order valence-electron chi connectivity index (χ2n) is 2.72. The van der Waals surface area contributed by atoms with Crippen LogP contribution in [-0.4, -0.2) is 20.3 Å². The Morgan fingerprint density at radius 3 is 2.57 bits per heavy atom. The molecular formula is C11H17FO2. The standard InChI is InChI=1S/C11H17FO2/c1-4-11(7-6-10(2)12)14-9-5-8-13-3/h4,6-7H,1,5,8-9H2,2-3H3/b10-6+,11-7+. The van der Waals surface area contributed by atoms with Crippen LogP contribution in [0.25, 0.3) is 0 Å². The highest BCUT2D eigenvalue weighted by Crippen LogP contribution is 2.02. The van der Waals surface area contributed by atoms with Crippen molar-refractivity contribution in [3.05, 3.63) is 36.4 Å². The van der Waals surface area contributed by atoms with Crippen molar-refractivity contribution in [1.82, 2.24) is 0 Å². The van der Waals surface area contributed by atoms with Gasteiger partial charge < -0.3 is 9.47 Å². The van der Waals surface area contributed by atoms with E-state index in [0.717, 1.165) is 6.42 Å². The van der Waals surface area contributed by atoms with Crippen LogP contribution in [-0.2, 0) is 9.47 Å². The van der Waals surface area contributed by atoms with Crippen LogP contribution in [0.5, 0.6) is 0 Å². The normalized spacial score (nSPS) is 12.8. The second kappa shape index (κ2) is 8.51. The summed E-state index contributed by atoms with van der Waals surface area (Å²) in [5, 5.41) is 0. The summed E-state index contributed by atoms with van der Waals surface area (Å²) >= 11 is 0. The van der Waals surface area contributed by atoms with Crippen LogP contribution in [0.2, 0.25) is 0 Å². The summed E-state index contributed by atoms with van der Waals surface area (Å²) in [5.41, 5.74) is 0. The Labute approximate surface area is 84.7 Å². The van der Waals surface area contributed by atoms with Crippen LogP contribution >= 0.6 is 0 Å². The van der Waals surface area contributed by atoms with Crippen molar-refractivity contribution < 1.29 is 13.9 Å². The zero-order valence-corrected chi connectivity index (χ0v) is 8.75. The van der Waals surface area contributed by atoms with Crippen molar-refractivity contribution in [3.63, 3.8) is 0 Å². The van der Waals surface area contributed by atoms with Crippen molar-refractivity contribution in [2.24, 2.45) is 0 Å². The molecule has 0 amide bonds. The quantitative estimate of drug-likeness (QED) is 0.357. The van der Waals surface area contributed by atoms with Crippen LogP contribution in [0, 0.1) is 0 Å². The fraction of sp³-hybridized carbons (Fsp3) is 0.455. The summed E-state index contributed by atoms with van der Waals surface area (Å²) in [6, 6.07) is 0. The molecule has 0 saturated heterocycles. The van der Waals surface area contributed by atoms with Crippen molar-refractivity contribution >= 4 is 0 Å². The first-order valence-corrected chi connectivity index (χ1v) is 4.49. The third-order valence-corrected chi connectivity index (χ3v) is 1.44. The maximum absolute atomic E-state index is 12.3. The fourth-order valence-corrected chi connectivity index (χ4v) is 0.765. The highest BCUT2D eigenvalue weighted by Gasteiger charge is 1.91. The molecule has 0 aliphatic carbocycles. The highest BCUT2D eigenvalue weighted by atomic mass is 19.1.